The van der Waals surface area contributed by atoms with Crippen molar-refractivity contribution in [3.05, 3.63) is 131 Å². The second-order valence-corrected chi connectivity index (χ2v) is 18.6. The normalized spacial score (nSPS) is 29.6. The summed E-state index contributed by atoms with van der Waals surface area (Å²) in [6.07, 6.45) is -4.13. The summed E-state index contributed by atoms with van der Waals surface area (Å²) in [6.45, 7) is 9.97. The molecule has 1 saturated heterocycles. The first-order chi connectivity index (χ1) is 31.8. The fourth-order valence-corrected chi connectivity index (χ4v) is 11.0. The first-order valence-corrected chi connectivity index (χ1v) is 22.3. The van der Waals surface area contributed by atoms with Crippen LogP contribution in [-0.4, -0.2) is 89.1 Å². The molecule has 67 heavy (non-hydrogen) atoms. The summed E-state index contributed by atoms with van der Waals surface area (Å²) in [5.41, 5.74) is -4.72. The van der Waals surface area contributed by atoms with Gasteiger partial charge >= 0.3 is 29.8 Å². The second kappa shape index (κ2) is 18.0. The Morgan fingerprint density at radius 1 is 0.806 bits per heavy atom. The highest BCUT2D eigenvalue weighted by Gasteiger charge is 2.78. The van der Waals surface area contributed by atoms with E-state index in [1.807, 2.05) is 60.7 Å². The minimum atomic E-state index is -2.05. The average molecular weight is 915 g/mol. The number of carbonyl (C=O) groups is 6. The highest BCUT2D eigenvalue weighted by Crippen LogP contribution is 2.65. The lowest BCUT2D eigenvalue weighted by Gasteiger charge is -2.68. The number of fused-ring (bicyclic) bond motifs is 6. The molecule has 3 aliphatic carbocycles. The summed E-state index contributed by atoms with van der Waals surface area (Å²) in [5, 5.41) is 15.3. The van der Waals surface area contributed by atoms with Gasteiger partial charge in [-0.2, -0.15) is 0 Å². The number of rotatable bonds is 11. The molecular weight excluding hydrogens is 861 g/mol. The smallest absolute Gasteiger partial charge is 0.344 e. The molecule has 2 saturated carbocycles. The summed E-state index contributed by atoms with van der Waals surface area (Å²) in [5.74, 6) is -5.28. The van der Waals surface area contributed by atoms with Gasteiger partial charge in [0.1, 0.15) is 29.7 Å². The van der Waals surface area contributed by atoms with E-state index >= 15 is 4.79 Å². The van der Waals surface area contributed by atoms with Crippen LogP contribution in [0.25, 0.3) is 16.8 Å². The average Bonchev–Trinajstić information content (AvgIpc) is 3.28. The molecule has 0 unspecified atom stereocenters. The van der Waals surface area contributed by atoms with Crippen LogP contribution in [0.3, 0.4) is 0 Å². The van der Waals surface area contributed by atoms with Crippen LogP contribution in [0.5, 0.6) is 5.75 Å². The molecule has 8 rings (SSSR count). The van der Waals surface area contributed by atoms with Gasteiger partial charge < -0.3 is 38.3 Å². The Kier molecular flexibility index (Phi) is 12.6. The number of esters is 5. The Morgan fingerprint density at radius 3 is 2.13 bits per heavy atom. The van der Waals surface area contributed by atoms with Crippen LogP contribution >= 0.6 is 0 Å². The Labute approximate surface area is 388 Å². The van der Waals surface area contributed by atoms with Gasteiger partial charge in [-0.15, -0.1) is 0 Å². The molecule has 0 amide bonds. The van der Waals surface area contributed by atoms with Crippen LogP contribution < -0.4 is 4.74 Å². The van der Waals surface area contributed by atoms with Crippen molar-refractivity contribution in [3.63, 3.8) is 0 Å². The topological polar surface area (TPSA) is 187 Å². The van der Waals surface area contributed by atoms with E-state index in [2.05, 4.69) is 0 Å². The van der Waals surface area contributed by atoms with Crippen molar-refractivity contribution in [3.8, 4) is 5.75 Å². The predicted molar refractivity (Wildman–Crippen MR) is 242 cm³/mol. The van der Waals surface area contributed by atoms with E-state index < -0.39 is 94.1 Å². The number of hydrogen-bond donors (Lipinski definition) is 1. The van der Waals surface area contributed by atoms with Crippen LogP contribution in [0.15, 0.2) is 114 Å². The molecule has 3 fully saturated rings. The van der Waals surface area contributed by atoms with Crippen molar-refractivity contribution >= 4 is 52.5 Å². The summed E-state index contributed by atoms with van der Waals surface area (Å²) in [4.78, 5) is 82.1. The number of aliphatic hydroxyl groups is 1. The third-order valence-electron chi connectivity index (χ3n) is 14.3. The van der Waals surface area contributed by atoms with E-state index in [0.717, 1.165) is 23.3 Å². The molecule has 1 heterocycles. The molecule has 0 radical (unpaired) electrons. The van der Waals surface area contributed by atoms with Gasteiger partial charge in [0.15, 0.2) is 17.5 Å². The van der Waals surface area contributed by atoms with Crippen molar-refractivity contribution in [2.24, 2.45) is 16.7 Å². The van der Waals surface area contributed by atoms with Gasteiger partial charge in [0.2, 0.25) is 0 Å². The minimum absolute atomic E-state index is 0.0790. The molecule has 0 aromatic heterocycles. The van der Waals surface area contributed by atoms with E-state index in [-0.39, 0.29) is 37.4 Å². The van der Waals surface area contributed by atoms with Gasteiger partial charge in [-0.3, -0.25) is 19.2 Å². The number of benzene rings is 4. The lowest BCUT2D eigenvalue weighted by Crippen LogP contribution is -2.82. The van der Waals surface area contributed by atoms with Crippen LogP contribution in [-0.2, 0) is 59.0 Å². The van der Waals surface area contributed by atoms with Crippen LogP contribution in [0.1, 0.15) is 82.8 Å². The predicted octanol–water partition coefficient (Wildman–Crippen LogP) is 7.22. The molecule has 1 aliphatic heterocycles. The number of ketones is 1. The molecule has 4 aliphatic rings. The second-order valence-electron chi connectivity index (χ2n) is 18.6. The zero-order valence-corrected chi connectivity index (χ0v) is 38.4. The van der Waals surface area contributed by atoms with E-state index in [0.29, 0.717) is 16.7 Å². The summed E-state index contributed by atoms with van der Waals surface area (Å²) < 4.78 is 43.1. The van der Waals surface area contributed by atoms with Crippen molar-refractivity contribution in [1.82, 2.24) is 0 Å². The third-order valence-corrected chi connectivity index (χ3v) is 14.3. The van der Waals surface area contributed by atoms with Crippen molar-refractivity contribution < 1.29 is 67.0 Å². The molecule has 14 nitrogen and oxygen atoms in total. The Hall–Kier alpha value is -6.48. The fourth-order valence-electron chi connectivity index (χ4n) is 11.0. The largest absolute Gasteiger partial charge is 0.458 e. The van der Waals surface area contributed by atoms with Gasteiger partial charge in [-0.05, 0) is 71.2 Å². The Bertz CT molecular complexity index is 2680. The lowest BCUT2D eigenvalue weighted by molar-refractivity contribution is -0.352. The van der Waals surface area contributed by atoms with Crippen LogP contribution in [0.2, 0.25) is 0 Å². The van der Waals surface area contributed by atoms with E-state index in [1.54, 1.807) is 64.1 Å². The molecule has 4 aromatic carbocycles. The minimum Gasteiger partial charge on any atom is -0.458 e. The molecule has 350 valence electrons. The monoisotopic (exact) mass is 914 g/mol. The first kappa shape index (κ1) is 47.0. The van der Waals surface area contributed by atoms with Gasteiger partial charge in [-0.1, -0.05) is 92.7 Å². The van der Waals surface area contributed by atoms with E-state index in [1.165, 1.54) is 26.0 Å². The molecule has 9 atom stereocenters. The third kappa shape index (κ3) is 8.36. The van der Waals surface area contributed by atoms with Gasteiger partial charge in [0.25, 0.3) is 0 Å². The van der Waals surface area contributed by atoms with Gasteiger partial charge in [0.05, 0.1) is 30.3 Å². The summed E-state index contributed by atoms with van der Waals surface area (Å²) in [7, 11) is 0. The quantitative estimate of drug-likeness (QED) is 0.0522. The molecule has 0 spiro atoms. The van der Waals surface area contributed by atoms with E-state index in [9.17, 15) is 29.1 Å². The molecule has 14 heteroatoms. The molecular formula is C53H54O14. The maximum atomic E-state index is 15.9. The summed E-state index contributed by atoms with van der Waals surface area (Å²) in [6, 6.07) is 28.5. The number of hydrogen-bond acceptors (Lipinski definition) is 14. The zero-order chi connectivity index (χ0) is 48.1. The molecule has 4 aromatic rings. The molecule has 2 bridgehead atoms. The summed E-state index contributed by atoms with van der Waals surface area (Å²) >= 11 is 0. The van der Waals surface area contributed by atoms with Gasteiger partial charge in [-0.25, -0.2) is 9.59 Å². The maximum absolute atomic E-state index is 15.9. The first-order valence-electron chi connectivity index (χ1n) is 22.3. The van der Waals surface area contributed by atoms with Gasteiger partial charge in [0, 0.05) is 51.0 Å². The highest BCUT2D eigenvalue weighted by atomic mass is 16.6. The highest BCUT2D eigenvalue weighted by molar-refractivity contribution is 6.05. The van der Waals surface area contributed by atoms with Crippen molar-refractivity contribution in [1.29, 1.82) is 0 Å². The number of carbonyl (C=O) groups excluding carboxylic acids is 6. The van der Waals surface area contributed by atoms with Crippen molar-refractivity contribution in [2.45, 2.75) is 110 Å². The molecule has 1 N–H and O–H groups in total. The lowest BCUT2D eigenvalue weighted by atomic mass is 9.44. The Balaban J connectivity index is 1.18. The Morgan fingerprint density at radius 2 is 1.48 bits per heavy atom. The van der Waals surface area contributed by atoms with E-state index in [4.69, 9.17) is 33.2 Å². The zero-order valence-electron chi connectivity index (χ0n) is 38.4. The number of Topliss-reactive ketones (excluding diaryl/α,β-unsaturated/α-hetero) is 1. The maximum Gasteiger partial charge on any atom is 0.344 e. The standard InChI is InChI=1S/C53H54O14/c1-30-40(63-31(2)54)27-53(60)48(61-28-35-14-9-8-10-15-35)46-51(7,47(58)45(64-32(3)55)44(30)50(53,5)6)41(26-42-52(46,29-62-42)67-33(4)56)66-43(57)25-22-34-20-23-37(24-21-34)65-49(59)39-19-13-17-36-16-11-12-18-38(36)39/h8-25,40-42,45-46,48,60H,26-29H2,1-7H3/b25-22+/t40-,41-,42+,45+,46-,48-,51+,52-,53+/m0/s1. The SMILES string of the molecule is CC(=O)O[C@H]1C(=O)[C@]2(C)[C@@H](OC(=O)/C=C/c3ccc(OC(=O)c4cccc5ccccc45)cc3)C[C@H]3OC[C@@]3(OC(C)=O)[C@H]2[C@H](OCc2ccccc2)[C@]2(O)C[C@H](OC(C)=O)C(C)=C1C2(C)C. The van der Waals surface area contributed by atoms with Crippen LogP contribution in [0.4, 0.5) is 0 Å². The van der Waals surface area contributed by atoms with Crippen LogP contribution in [0, 0.1) is 16.7 Å². The fraction of sp³-hybridized carbons (Fsp3) is 0.396. The van der Waals surface area contributed by atoms with Crippen molar-refractivity contribution in [2.75, 3.05) is 6.61 Å². The number of ether oxygens (including phenoxy) is 7.